The maximum Gasteiger partial charge on any atom is 0.231 e. The largest absolute Gasteiger partial charge is 0.382 e. The molecule has 1 unspecified atom stereocenters. The third kappa shape index (κ3) is 1.47. The van der Waals surface area contributed by atoms with Gasteiger partial charge in [0.05, 0.1) is 11.6 Å². The molecule has 4 N–H and O–H groups in total. The van der Waals surface area contributed by atoms with Crippen molar-refractivity contribution in [1.82, 2.24) is 10.2 Å². The molecule has 0 saturated carbocycles. The van der Waals surface area contributed by atoms with Gasteiger partial charge < -0.3 is 11.1 Å². The van der Waals surface area contributed by atoms with Gasteiger partial charge in [0.1, 0.15) is 5.82 Å². The van der Waals surface area contributed by atoms with Gasteiger partial charge in [-0.1, -0.05) is 6.07 Å². The van der Waals surface area contributed by atoms with Crippen LogP contribution in [0.1, 0.15) is 18.4 Å². The number of aromatic nitrogens is 2. The first-order valence-corrected chi connectivity index (χ1v) is 5.41. The Kier molecular flexibility index (Phi) is 1.95. The number of hydrogen-bond acceptors (Lipinski definition) is 3. The molecule has 0 radical (unpaired) electrons. The van der Waals surface area contributed by atoms with Gasteiger partial charge in [0.2, 0.25) is 5.91 Å². The SMILES string of the molecule is CC1C(=O)Nc2ccc(-c3cc(N)n[nH]3)cc21. The van der Waals surface area contributed by atoms with E-state index in [-0.39, 0.29) is 11.8 Å². The highest BCUT2D eigenvalue weighted by Crippen LogP contribution is 2.35. The van der Waals surface area contributed by atoms with Crippen molar-refractivity contribution in [2.45, 2.75) is 12.8 Å². The lowest BCUT2D eigenvalue weighted by Gasteiger charge is -2.03. The molecule has 0 bridgehead atoms. The first-order valence-electron chi connectivity index (χ1n) is 5.41. The van der Waals surface area contributed by atoms with Gasteiger partial charge in [0.25, 0.3) is 0 Å². The van der Waals surface area contributed by atoms with E-state index in [1.54, 1.807) is 6.07 Å². The molecule has 1 aromatic carbocycles. The third-order valence-corrected chi connectivity index (χ3v) is 3.08. The molecule has 0 saturated heterocycles. The Morgan fingerprint density at radius 1 is 1.35 bits per heavy atom. The lowest BCUT2D eigenvalue weighted by molar-refractivity contribution is -0.116. The van der Waals surface area contributed by atoms with Crippen LogP contribution in [0, 0.1) is 0 Å². The predicted molar refractivity (Wildman–Crippen MR) is 65.5 cm³/mol. The molecular formula is C12H12N4O. The minimum atomic E-state index is -0.106. The number of carbonyl (C=O) groups excluding carboxylic acids is 1. The predicted octanol–water partition coefficient (Wildman–Crippen LogP) is 1.71. The maximum absolute atomic E-state index is 11.5. The molecule has 0 aliphatic carbocycles. The van der Waals surface area contributed by atoms with Gasteiger partial charge in [-0.15, -0.1) is 0 Å². The van der Waals surface area contributed by atoms with Gasteiger partial charge in [-0.3, -0.25) is 9.89 Å². The molecule has 2 aromatic rings. The number of nitrogens with two attached hydrogens (primary N) is 1. The number of amides is 1. The molecule has 1 aromatic heterocycles. The molecule has 2 heterocycles. The normalized spacial score (nSPS) is 17.9. The highest BCUT2D eigenvalue weighted by molar-refractivity contribution is 6.03. The number of fused-ring (bicyclic) bond motifs is 1. The Morgan fingerprint density at radius 2 is 2.18 bits per heavy atom. The smallest absolute Gasteiger partial charge is 0.231 e. The summed E-state index contributed by atoms with van der Waals surface area (Å²) in [6.07, 6.45) is 0. The van der Waals surface area contributed by atoms with Crippen molar-refractivity contribution in [3.8, 4) is 11.3 Å². The van der Waals surface area contributed by atoms with Crippen LogP contribution >= 0.6 is 0 Å². The Balaban J connectivity index is 2.08. The summed E-state index contributed by atoms with van der Waals surface area (Å²) in [5.74, 6) is 0.397. The van der Waals surface area contributed by atoms with Crippen molar-refractivity contribution in [2.24, 2.45) is 0 Å². The number of nitrogens with one attached hydrogen (secondary N) is 2. The molecule has 0 fully saturated rings. The Morgan fingerprint density at radius 3 is 2.88 bits per heavy atom. The first kappa shape index (κ1) is 9.89. The molecular weight excluding hydrogens is 216 g/mol. The van der Waals surface area contributed by atoms with E-state index >= 15 is 0 Å². The lowest BCUT2D eigenvalue weighted by Crippen LogP contribution is -2.08. The zero-order valence-electron chi connectivity index (χ0n) is 9.32. The van der Waals surface area contributed by atoms with Crippen LogP contribution in [0.4, 0.5) is 11.5 Å². The summed E-state index contributed by atoms with van der Waals surface area (Å²) < 4.78 is 0. The van der Waals surface area contributed by atoms with E-state index in [1.807, 2.05) is 25.1 Å². The van der Waals surface area contributed by atoms with Gasteiger partial charge in [-0.2, -0.15) is 5.10 Å². The highest BCUT2D eigenvalue weighted by Gasteiger charge is 2.26. The fourth-order valence-electron chi connectivity index (χ4n) is 2.07. The van der Waals surface area contributed by atoms with Gasteiger partial charge in [0, 0.05) is 17.3 Å². The highest BCUT2D eigenvalue weighted by atomic mass is 16.2. The maximum atomic E-state index is 11.5. The number of nitrogens with zero attached hydrogens (tertiary/aromatic N) is 1. The molecule has 3 rings (SSSR count). The summed E-state index contributed by atoms with van der Waals surface area (Å²) in [4.78, 5) is 11.5. The van der Waals surface area contributed by atoms with Crippen LogP contribution < -0.4 is 11.1 Å². The van der Waals surface area contributed by atoms with E-state index in [1.165, 1.54) is 0 Å². The van der Waals surface area contributed by atoms with Crippen molar-refractivity contribution in [2.75, 3.05) is 11.1 Å². The number of H-pyrrole nitrogens is 1. The van der Waals surface area contributed by atoms with E-state index in [2.05, 4.69) is 15.5 Å². The summed E-state index contributed by atoms with van der Waals surface area (Å²) in [6, 6.07) is 7.61. The number of aromatic amines is 1. The van der Waals surface area contributed by atoms with E-state index in [0.29, 0.717) is 5.82 Å². The molecule has 5 nitrogen and oxygen atoms in total. The van der Waals surface area contributed by atoms with Gasteiger partial charge in [-0.25, -0.2) is 0 Å². The summed E-state index contributed by atoms with van der Waals surface area (Å²) in [5.41, 5.74) is 9.31. The molecule has 1 aliphatic rings. The number of carbonyl (C=O) groups is 1. The van der Waals surface area contributed by atoms with E-state index in [9.17, 15) is 4.79 Å². The van der Waals surface area contributed by atoms with Crippen LogP contribution in [0.3, 0.4) is 0 Å². The topological polar surface area (TPSA) is 83.8 Å². The Labute approximate surface area is 98.0 Å². The average Bonchev–Trinajstić information content (AvgIpc) is 2.85. The van der Waals surface area contributed by atoms with Gasteiger partial charge in [0.15, 0.2) is 0 Å². The molecule has 0 spiro atoms. The molecule has 86 valence electrons. The quantitative estimate of drug-likeness (QED) is 0.694. The number of anilines is 2. The molecule has 17 heavy (non-hydrogen) atoms. The minimum absolute atomic E-state index is 0.0428. The Hall–Kier alpha value is -2.30. The standard InChI is InChI=1S/C12H12N4O/c1-6-8-4-7(10-5-11(13)16-15-10)2-3-9(8)14-12(6)17/h2-6H,1H3,(H,14,17)(H3,13,15,16). The monoisotopic (exact) mass is 228 g/mol. The van der Waals surface area contributed by atoms with Crippen molar-refractivity contribution < 1.29 is 4.79 Å². The lowest BCUT2D eigenvalue weighted by atomic mass is 9.99. The van der Waals surface area contributed by atoms with E-state index < -0.39 is 0 Å². The number of hydrogen-bond donors (Lipinski definition) is 3. The second-order valence-electron chi connectivity index (χ2n) is 4.22. The minimum Gasteiger partial charge on any atom is -0.382 e. The van der Waals surface area contributed by atoms with Gasteiger partial charge >= 0.3 is 0 Å². The van der Waals surface area contributed by atoms with Crippen molar-refractivity contribution in [3.05, 3.63) is 29.8 Å². The van der Waals surface area contributed by atoms with Crippen LogP contribution in [-0.4, -0.2) is 16.1 Å². The molecule has 1 atom stereocenters. The zero-order valence-corrected chi connectivity index (χ0v) is 9.32. The molecule has 5 heteroatoms. The van der Waals surface area contributed by atoms with Gasteiger partial charge in [-0.05, 0) is 24.6 Å². The second-order valence-corrected chi connectivity index (χ2v) is 4.22. The zero-order chi connectivity index (χ0) is 12.0. The fourth-order valence-corrected chi connectivity index (χ4v) is 2.07. The summed E-state index contributed by atoms with van der Waals surface area (Å²) in [5, 5.41) is 9.59. The van der Waals surface area contributed by atoms with Crippen LogP contribution in [0.25, 0.3) is 11.3 Å². The van der Waals surface area contributed by atoms with E-state index in [0.717, 1.165) is 22.5 Å². The Bertz CT molecular complexity index is 602. The van der Waals surface area contributed by atoms with Crippen LogP contribution in [0.5, 0.6) is 0 Å². The number of rotatable bonds is 1. The number of nitrogen functional groups attached to an aromatic ring is 1. The van der Waals surface area contributed by atoms with E-state index in [4.69, 9.17) is 5.73 Å². The fraction of sp³-hybridized carbons (Fsp3) is 0.167. The summed E-state index contributed by atoms with van der Waals surface area (Å²) in [7, 11) is 0. The summed E-state index contributed by atoms with van der Waals surface area (Å²) >= 11 is 0. The van der Waals surface area contributed by atoms with Crippen molar-refractivity contribution in [3.63, 3.8) is 0 Å². The first-order chi connectivity index (χ1) is 8.15. The van der Waals surface area contributed by atoms with Crippen LogP contribution in [-0.2, 0) is 4.79 Å². The molecule has 1 amide bonds. The van der Waals surface area contributed by atoms with Crippen molar-refractivity contribution in [1.29, 1.82) is 0 Å². The second kappa shape index (κ2) is 3.35. The number of benzene rings is 1. The summed E-state index contributed by atoms with van der Waals surface area (Å²) in [6.45, 7) is 1.90. The third-order valence-electron chi connectivity index (χ3n) is 3.08. The van der Waals surface area contributed by atoms with Crippen molar-refractivity contribution >= 4 is 17.4 Å². The average molecular weight is 228 g/mol. The van der Waals surface area contributed by atoms with Crippen LogP contribution in [0.2, 0.25) is 0 Å². The molecule has 1 aliphatic heterocycles. The van der Waals surface area contributed by atoms with Crippen LogP contribution in [0.15, 0.2) is 24.3 Å².